The maximum absolute atomic E-state index is 13.1. The van der Waals surface area contributed by atoms with Crippen LogP contribution in [-0.2, 0) is 6.42 Å². The second-order valence-corrected chi connectivity index (χ2v) is 4.16. The SMILES string of the molecule is CCc1[nH]nc(C(=O)N(C)c2cccc(F)c2)c1N. The molecule has 6 heteroatoms. The molecular formula is C13H15FN4O. The highest BCUT2D eigenvalue weighted by Gasteiger charge is 2.21. The molecule has 1 heterocycles. The molecule has 0 fully saturated rings. The quantitative estimate of drug-likeness (QED) is 0.888. The predicted octanol–water partition coefficient (Wildman–Crippen LogP) is 1.97. The fraction of sp³-hybridized carbons (Fsp3) is 0.231. The van der Waals surface area contributed by atoms with Crippen LogP contribution in [-0.4, -0.2) is 23.2 Å². The van der Waals surface area contributed by atoms with Crippen LogP contribution < -0.4 is 10.6 Å². The molecule has 0 spiro atoms. The highest BCUT2D eigenvalue weighted by molar-refractivity contribution is 6.07. The normalized spacial score (nSPS) is 10.5. The Morgan fingerprint density at radius 3 is 2.84 bits per heavy atom. The first kappa shape index (κ1) is 13.1. The third-order valence-corrected chi connectivity index (χ3v) is 2.94. The first-order chi connectivity index (χ1) is 9.04. The van der Waals surface area contributed by atoms with E-state index in [2.05, 4.69) is 10.2 Å². The largest absolute Gasteiger partial charge is 0.395 e. The summed E-state index contributed by atoms with van der Waals surface area (Å²) in [5.74, 6) is -0.777. The maximum Gasteiger partial charge on any atom is 0.280 e. The van der Waals surface area contributed by atoms with Crippen molar-refractivity contribution in [2.75, 3.05) is 17.7 Å². The molecule has 0 aliphatic heterocycles. The van der Waals surface area contributed by atoms with Gasteiger partial charge in [-0.15, -0.1) is 0 Å². The van der Waals surface area contributed by atoms with Crippen LogP contribution in [0.4, 0.5) is 15.8 Å². The summed E-state index contributed by atoms with van der Waals surface area (Å²) in [6, 6.07) is 5.78. The number of carbonyl (C=O) groups is 1. The minimum atomic E-state index is -0.401. The Morgan fingerprint density at radius 2 is 2.26 bits per heavy atom. The Hall–Kier alpha value is -2.37. The van der Waals surface area contributed by atoms with E-state index in [0.29, 0.717) is 17.8 Å². The van der Waals surface area contributed by atoms with Crippen LogP contribution >= 0.6 is 0 Å². The van der Waals surface area contributed by atoms with Gasteiger partial charge in [-0.3, -0.25) is 9.89 Å². The standard InChI is InChI=1S/C13H15FN4O/c1-3-10-11(15)12(17-16-10)13(19)18(2)9-6-4-5-8(14)7-9/h4-7H,3,15H2,1-2H3,(H,16,17). The first-order valence-electron chi connectivity index (χ1n) is 5.91. The summed E-state index contributed by atoms with van der Waals surface area (Å²) in [6.45, 7) is 1.91. The minimum Gasteiger partial charge on any atom is -0.395 e. The molecule has 1 aromatic carbocycles. The Labute approximate surface area is 110 Å². The molecule has 0 unspecified atom stereocenters. The van der Waals surface area contributed by atoms with Gasteiger partial charge >= 0.3 is 0 Å². The monoisotopic (exact) mass is 262 g/mol. The number of amides is 1. The van der Waals surface area contributed by atoms with E-state index in [9.17, 15) is 9.18 Å². The lowest BCUT2D eigenvalue weighted by Gasteiger charge is -2.16. The molecule has 1 amide bonds. The fourth-order valence-electron chi connectivity index (χ4n) is 1.78. The van der Waals surface area contributed by atoms with Crippen LogP contribution in [0.3, 0.4) is 0 Å². The molecule has 0 aliphatic rings. The van der Waals surface area contributed by atoms with Gasteiger partial charge in [-0.25, -0.2) is 4.39 Å². The summed E-state index contributed by atoms with van der Waals surface area (Å²) in [7, 11) is 1.55. The molecule has 0 saturated heterocycles. The van der Waals surface area contributed by atoms with E-state index < -0.39 is 5.82 Å². The zero-order valence-electron chi connectivity index (χ0n) is 10.8. The van der Waals surface area contributed by atoms with Crippen molar-refractivity contribution in [3.8, 4) is 0 Å². The first-order valence-corrected chi connectivity index (χ1v) is 5.91. The number of aryl methyl sites for hydroxylation is 1. The van der Waals surface area contributed by atoms with Gasteiger partial charge in [0.15, 0.2) is 5.69 Å². The Bertz CT molecular complexity index is 608. The van der Waals surface area contributed by atoms with Crippen LogP contribution in [0, 0.1) is 5.82 Å². The molecule has 2 rings (SSSR count). The Kier molecular flexibility index (Phi) is 3.50. The van der Waals surface area contributed by atoms with Crippen LogP contribution in [0.15, 0.2) is 24.3 Å². The molecule has 0 bridgehead atoms. The summed E-state index contributed by atoms with van der Waals surface area (Å²) in [6.07, 6.45) is 0.662. The van der Waals surface area contributed by atoms with Crippen molar-refractivity contribution < 1.29 is 9.18 Å². The second kappa shape index (κ2) is 5.09. The summed E-state index contributed by atoms with van der Waals surface area (Å²) in [5, 5.41) is 6.65. The van der Waals surface area contributed by atoms with Gasteiger partial charge in [0.25, 0.3) is 5.91 Å². The van der Waals surface area contributed by atoms with Crippen molar-refractivity contribution in [1.82, 2.24) is 10.2 Å². The number of aromatic amines is 1. The Balaban J connectivity index is 2.31. The van der Waals surface area contributed by atoms with Gasteiger partial charge in [0.1, 0.15) is 5.82 Å². The number of nitrogen functional groups attached to an aromatic ring is 1. The zero-order valence-corrected chi connectivity index (χ0v) is 10.8. The van der Waals surface area contributed by atoms with Crippen LogP contribution in [0.1, 0.15) is 23.1 Å². The average Bonchev–Trinajstić information content (AvgIpc) is 2.78. The summed E-state index contributed by atoms with van der Waals surface area (Å²) >= 11 is 0. The van der Waals surface area contributed by atoms with Crippen LogP contribution in [0.5, 0.6) is 0 Å². The molecule has 19 heavy (non-hydrogen) atoms. The Morgan fingerprint density at radius 1 is 1.53 bits per heavy atom. The van der Waals surface area contributed by atoms with E-state index in [-0.39, 0.29) is 11.6 Å². The van der Waals surface area contributed by atoms with Gasteiger partial charge < -0.3 is 10.6 Å². The van der Waals surface area contributed by atoms with Crippen molar-refractivity contribution in [3.63, 3.8) is 0 Å². The molecule has 0 aliphatic carbocycles. The number of H-pyrrole nitrogens is 1. The van der Waals surface area contributed by atoms with Crippen LogP contribution in [0.25, 0.3) is 0 Å². The number of hydrogen-bond donors (Lipinski definition) is 2. The fourth-order valence-corrected chi connectivity index (χ4v) is 1.78. The number of benzene rings is 1. The number of hydrogen-bond acceptors (Lipinski definition) is 3. The van der Waals surface area contributed by atoms with Crippen LogP contribution in [0.2, 0.25) is 0 Å². The van der Waals surface area contributed by atoms with Gasteiger partial charge in [0, 0.05) is 12.7 Å². The van der Waals surface area contributed by atoms with E-state index in [1.807, 2.05) is 6.92 Å². The number of nitrogens with two attached hydrogens (primary N) is 1. The van der Waals surface area contributed by atoms with Gasteiger partial charge in [-0.05, 0) is 24.6 Å². The number of rotatable bonds is 3. The smallest absolute Gasteiger partial charge is 0.280 e. The third kappa shape index (κ3) is 2.42. The van der Waals surface area contributed by atoms with Crippen molar-refractivity contribution in [2.45, 2.75) is 13.3 Å². The zero-order chi connectivity index (χ0) is 14.0. The number of carbonyl (C=O) groups excluding carboxylic acids is 1. The minimum absolute atomic E-state index is 0.156. The summed E-state index contributed by atoms with van der Waals surface area (Å²) in [5.41, 5.74) is 7.51. The van der Waals surface area contributed by atoms with E-state index in [1.54, 1.807) is 19.2 Å². The van der Waals surface area contributed by atoms with Crippen molar-refractivity contribution in [3.05, 3.63) is 41.5 Å². The van der Waals surface area contributed by atoms with Crippen molar-refractivity contribution >= 4 is 17.3 Å². The molecule has 0 saturated carbocycles. The molecule has 2 aromatic rings. The number of anilines is 2. The predicted molar refractivity (Wildman–Crippen MR) is 71.5 cm³/mol. The van der Waals surface area contributed by atoms with Gasteiger partial charge in [-0.1, -0.05) is 13.0 Å². The van der Waals surface area contributed by atoms with E-state index in [1.165, 1.54) is 17.0 Å². The maximum atomic E-state index is 13.1. The van der Waals surface area contributed by atoms with E-state index in [0.717, 1.165) is 5.69 Å². The lowest BCUT2D eigenvalue weighted by Crippen LogP contribution is -2.27. The number of nitrogens with zero attached hydrogens (tertiary/aromatic N) is 2. The van der Waals surface area contributed by atoms with Crippen molar-refractivity contribution in [1.29, 1.82) is 0 Å². The molecular weight excluding hydrogens is 247 g/mol. The molecule has 5 nitrogen and oxygen atoms in total. The highest BCUT2D eigenvalue weighted by atomic mass is 19.1. The third-order valence-electron chi connectivity index (χ3n) is 2.94. The molecule has 0 atom stereocenters. The highest BCUT2D eigenvalue weighted by Crippen LogP contribution is 2.20. The number of aromatic nitrogens is 2. The topological polar surface area (TPSA) is 75.0 Å². The van der Waals surface area contributed by atoms with E-state index >= 15 is 0 Å². The summed E-state index contributed by atoms with van der Waals surface area (Å²) < 4.78 is 13.1. The molecule has 0 radical (unpaired) electrons. The summed E-state index contributed by atoms with van der Waals surface area (Å²) in [4.78, 5) is 13.6. The molecule has 1 aromatic heterocycles. The molecule has 100 valence electrons. The van der Waals surface area contributed by atoms with Crippen molar-refractivity contribution in [2.24, 2.45) is 0 Å². The lowest BCUT2D eigenvalue weighted by molar-refractivity contribution is 0.0989. The lowest BCUT2D eigenvalue weighted by atomic mass is 10.2. The van der Waals surface area contributed by atoms with E-state index in [4.69, 9.17) is 5.73 Å². The van der Waals surface area contributed by atoms with Gasteiger partial charge in [0.2, 0.25) is 0 Å². The van der Waals surface area contributed by atoms with Gasteiger partial charge in [-0.2, -0.15) is 5.10 Å². The molecule has 3 N–H and O–H groups in total. The number of nitrogens with one attached hydrogen (secondary N) is 1. The second-order valence-electron chi connectivity index (χ2n) is 4.16. The average molecular weight is 262 g/mol. The number of halogens is 1. The van der Waals surface area contributed by atoms with Gasteiger partial charge in [0.05, 0.1) is 11.4 Å².